The molecule has 2 fully saturated rings. The van der Waals surface area contributed by atoms with E-state index >= 15 is 0 Å². The van der Waals surface area contributed by atoms with Crippen molar-refractivity contribution < 1.29 is 4.79 Å². The summed E-state index contributed by atoms with van der Waals surface area (Å²) in [6.07, 6.45) is 7.32. The molecular formula is C19H31N5O. The Morgan fingerprint density at radius 3 is 2.64 bits per heavy atom. The first-order valence-electron chi connectivity index (χ1n) is 9.58. The second-order valence-electron chi connectivity index (χ2n) is 7.46. The molecule has 0 unspecified atom stereocenters. The second kappa shape index (κ2) is 8.13. The molecule has 2 saturated heterocycles. The zero-order valence-corrected chi connectivity index (χ0v) is 15.9. The van der Waals surface area contributed by atoms with E-state index in [4.69, 9.17) is 0 Å². The number of hydrogen-bond acceptors (Lipinski definition) is 5. The van der Waals surface area contributed by atoms with Crippen molar-refractivity contribution in [3.63, 3.8) is 0 Å². The Morgan fingerprint density at radius 1 is 1.16 bits per heavy atom. The van der Waals surface area contributed by atoms with E-state index in [0.29, 0.717) is 18.4 Å². The third-order valence-electron chi connectivity index (χ3n) is 5.60. The van der Waals surface area contributed by atoms with Crippen molar-refractivity contribution in [1.82, 2.24) is 19.8 Å². The minimum atomic E-state index is 0.311. The first-order chi connectivity index (χ1) is 12.0. The Hall–Kier alpha value is -1.69. The van der Waals surface area contributed by atoms with Crippen LogP contribution in [-0.4, -0.2) is 71.5 Å². The SMILES string of the molecule is Cc1cnc(C)c(N2CCN(C(=O)CC[C@@H]3CCCCN3C)CC2)n1. The van der Waals surface area contributed by atoms with Crippen LogP contribution in [0.4, 0.5) is 5.82 Å². The molecule has 1 amide bonds. The van der Waals surface area contributed by atoms with Gasteiger partial charge >= 0.3 is 0 Å². The Balaban J connectivity index is 1.48. The molecule has 0 aromatic carbocycles. The Labute approximate surface area is 151 Å². The fraction of sp³-hybridized carbons (Fsp3) is 0.737. The van der Waals surface area contributed by atoms with Gasteiger partial charge in [0.1, 0.15) is 5.82 Å². The fourth-order valence-electron chi connectivity index (χ4n) is 3.95. The predicted molar refractivity (Wildman–Crippen MR) is 99.8 cm³/mol. The van der Waals surface area contributed by atoms with E-state index in [1.165, 1.54) is 25.8 Å². The number of rotatable bonds is 4. The lowest BCUT2D eigenvalue weighted by molar-refractivity contribution is -0.131. The smallest absolute Gasteiger partial charge is 0.222 e. The van der Waals surface area contributed by atoms with Crippen LogP contribution in [-0.2, 0) is 4.79 Å². The van der Waals surface area contributed by atoms with Gasteiger partial charge < -0.3 is 14.7 Å². The molecular weight excluding hydrogens is 314 g/mol. The fourth-order valence-corrected chi connectivity index (χ4v) is 3.95. The number of piperazine rings is 1. The molecule has 1 aromatic heterocycles. The van der Waals surface area contributed by atoms with Crippen LogP contribution in [0, 0.1) is 13.8 Å². The van der Waals surface area contributed by atoms with E-state index in [0.717, 1.165) is 49.8 Å². The normalized spacial score (nSPS) is 22.3. The van der Waals surface area contributed by atoms with Crippen molar-refractivity contribution in [3.05, 3.63) is 17.6 Å². The van der Waals surface area contributed by atoms with E-state index in [-0.39, 0.29) is 0 Å². The van der Waals surface area contributed by atoms with Crippen molar-refractivity contribution in [2.75, 3.05) is 44.7 Å². The molecule has 2 aliphatic rings. The van der Waals surface area contributed by atoms with Crippen LogP contribution < -0.4 is 4.90 Å². The number of aryl methyl sites for hydroxylation is 2. The van der Waals surface area contributed by atoms with Gasteiger partial charge in [0.15, 0.2) is 0 Å². The average molecular weight is 345 g/mol. The van der Waals surface area contributed by atoms with Crippen LogP contribution >= 0.6 is 0 Å². The summed E-state index contributed by atoms with van der Waals surface area (Å²) in [7, 11) is 2.19. The van der Waals surface area contributed by atoms with Gasteiger partial charge in [-0.15, -0.1) is 0 Å². The Bertz CT molecular complexity index is 597. The van der Waals surface area contributed by atoms with Crippen LogP contribution in [0.5, 0.6) is 0 Å². The highest BCUT2D eigenvalue weighted by Gasteiger charge is 2.25. The Morgan fingerprint density at radius 2 is 1.92 bits per heavy atom. The summed E-state index contributed by atoms with van der Waals surface area (Å²) in [6.45, 7) is 8.40. The maximum Gasteiger partial charge on any atom is 0.222 e. The summed E-state index contributed by atoms with van der Waals surface area (Å²) in [5.41, 5.74) is 1.90. The summed E-state index contributed by atoms with van der Waals surface area (Å²) in [4.78, 5) is 28.3. The van der Waals surface area contributed by atoms with Gasteiger partial charge in [-0.05, 0) is 46.7 Å². The van der Waals surface area contributed by atoms with E-state index in [9.17, 15) is 4.79 Å². The number of carbonyl (C=O) groups is 1. The molecule has 1 aromatic rings. The number of hydrogen-bond donors (Lipinski definition) is 0. The molecule has 1 atom stereocenters. The summed E-state index contributed by atoms with van der Waals surface area (Å²) >= 11 is 0. The van der Waals surface area contributed by atoms with Gasteiger partial charge in [0.25, 0.3) is 0 Å². The molecule has 0 saturated carbocycles. The molecule has 0 bridgehead atoms. The summed E-state index contributed by atoms with van der Waals surface area (Å²) in [5.74, 6) is 1.28. The van der Waals surface area contributed by atoms with Gasteiger partial charge in [0.2, 0.25) is 5.91 Å². The number of amides is 1. The lowest BCUT2D eigenvalue weighted by Crippen LogP contribution is -2.49. The molecule has 0 spiro atoms. The Kier molecular flexibility index (Phi) is 5.89. The zero-order chi connectivity index (χ0) is 17.8. The van der Waals surface area contributed by atoms with Gasteiger partial charge in [-0.25, -0.2) is 4.98 Å². The number of nitrogens with zero attached hydrogens (tertiary/aromatic N) is 5. The molecule has 3 rings (SSSR count). The van der Waals surface area contributed by atoms with Gasteiger partial charge in [-0.1, -0.05) is 6.42 Å². The van der Waals surface area contributed by atoms with Crippen molar-refractivity contribution in [3.8, 4) is 0 Å². The summed E-state index contributed by atoms with van der Waals surface area (Å²) in [6, 6.07) is 0.587. The highest BCUT2D eigenvalue weighted by molar-refractivity contribution is 5.76. The molecule has 2 aliphatic heterocycles. The predicted octanol–water partition coefficient (Wildman–Crippen LogP) is 2.01. The topological polar surface area (TPSA) is 52.6 Å². The molecule has 3 heterocycles. The van der Waals surface area contributed by atoms with Gasteiger partial charge in [-0.2, -0.15) is 0 Å². The molecule has 138 valence electrons. The van der Waals surface area contributed by atoms with Crippen LogP contribution in [0.2, 0.25) is 0 Å². The first kappa shape index (κ1) is 18.1. The van der Waals surface area contributed by atoms with Gasteiger partial charge in [0, 0.05) is 44.8 Å². The van der Waals surface area contributed by atoms with Crippen LogP contribution in [0.1, 0.15) is 43.5 Å². The highest BCUT2D eigenvalue weighted by Crippen LogP contribution is 2.21. The minimum absolute atomic E-state index is 0.311. The number of piperidine rings is 1. The first-order valence-corrected chi connectivity index (χ1v) is 9.58. The highest BCUT2D eigenvalue weighted by atomic mass is 16.2. The van der Waals surface area contributed by atoms with Crippen molar-refractivity contribution in [1.29, 1.82) is 0 Å². The largest absolute Gasteiger partial charge is 0.352 e. The third kappa shape index (κ3) is 4.48. The summed E-state index contributed by atoms with van der Waals surface area (Å²) < 4.78 is 0. The maximum absolute atomic E-state index is 12.6. The van der Waals surface area contributed by atoms with Crippen molar-refractivity contribution >= 4 is 11.7 Å². The summed E-state index contributed by atoms with van der Waals surface area (Å²) in [5, 5.41) is 0. The molecule has 6 nitrogen and oxygen atoms in total. The monoisotopic (exact) mass is 345 g/mol. The van der Waals surface area contributed by atoms with E-state index < -0.39 is 0 Å². The molecule has 25 heavy (non-hydrogen) atoms. The molecule has 0 aliphatic carbocycles. The zero-order valence-electron chi connectivity index (χ0n) is 15.9. The van der Waals surface area contributed by atoms with Crippen LogP contribution in [0.15, 0.2) is 6.20 Å². The van der Waals surface area contributed by atoms with Gasteiger partial charge in [-0.3, -0.25) is 9.78 Å². The third-order valence-corrected chi connectivity index (χ3v) is 5.60. The number of aromatic nitrogens is 2. The van der Waals surface area contributed by atoms with E-state index in [2.05, 4.69) is 26.8 Å². The molecule has 6 heteroatoms. The molecule has 0 radical (unpaired) electrons. The average Bonchev–Trinajstić information content (AvgIpc) is 2.63. The number of carbonyl (C=O) groups excluding carboxylic acids is 1. The standard InChI is InChI=1S/C19H31N5O/c1-15-14-20-16(2)19(21-15)24-12-10-23(11-13-24)18(25)8-7-17-6-4-5-9-22(17)3/h14,17H,4-13H2,1-3H3/t17-/m0/s1. The van der Waals surface area contributed by atoms with E-state index in [1.54, 1.807) is 6.20 Å². The lowest BCUT2D eigenvalue weighted by Gasteiger charge is -2.37. The van der Waals surface area contributed by atoms with E-state index in [1.807, 2.05) is 18.7 Å². The van der Waals surface area contributed by atoms with Gasteiger partial charge in [0.05, 0.1) is 11.4 Å². The molecule has 0 N–H and O–H groups in total. The second-order valence-corrected chi connectivity index (χ2v) is 7.46. The number of likely N-dealkylation sites (tertiary alicyclic amines) is 1. The quantitative estimate of drug-likeness (QED) is 0.835. The van der Waals surface area contributed by atoms with Crippen LogP contribution in [0.25, 0.3) is 0 Å². The van der Waals surface area contributed by atoms with Crippen molar-refractivity contribution in [2.24, 2.45) is 0 Å². The maximum atomic E-state index is 12.6. The minimum Gasteiger partial charge on any atom is -0.352 e. The lowest BCUT2D eigenvalue weighted by atomic mass is 9.98. The number of anilines is 1. The van der Waals surface area contributed by atoms with Crippen LogP contribution in [0.3, 0.4) is 0 Å². The van der Waals surface area contributed by atoms with Crippen molar-refractivity contribution in [2.45, 2.75) is 52.0 Å².